The Balaban J connectivity index is 3.41. The number of thioether (sulfide) groups is 1. The molecule has 0 aromatic carbocycles. The van der Waals surface area contributed by atoms with E-state index in [2.05, 4.69) is 11.9 Å². The highest BCUT2D eigenvalue weighted by Gasteiger charge is 1.95. The molecule has 0 atom stereocenters. The fourth-order valence-corrected chi connectivity index (χ4v) is 1.19. The van der Waals surface area contributed by atoms with Gasteiger partial charge in [0, 0.05) is 12.8 Å². The molecule has 0 radical (unpaired) electrons. The zero-order valence-corrected chi connectivity index (χ0v) is 7.70. The largest absolute Gasteiger partial charge is 0.473 e. The number of rotatable bonds is 3. The lowest BCUT2D eigenvalue weighted by Gasteiger charge is -2.03. The van der Waals surface area contributed by atoms with Gasteiger partial charge in [0.05, 0.1) is 6.61 Å². The lowest BCUT2D eigenvalue weighted by Crippen LogP contribution is -1.99. The molecule has 0 saturated carbocycles. The van der Waals surface area contributed by atoms with Gasteiger partial charge in [0.2, 0.25) is 5.23 Å². The van der Waals surface area contributed by atoms with Crippen molar-refractivity contribution in [2.75, 3.05) is 19.4 Å². The van der Waals surface area contributed by atoms with Crippen LogP contribution in [0.1, 0.15) is 20.3 Å². The van der Waals surface area contributed by atoms with Gasteiger partial charge in [-0.15, -0.1) is 0 Å². The van der Waals surface area contributed by atoms with Crippen LogP contribution in [0.3, 0.4) is 0 Å². The molecule has 60 valence electrons. The highest BCUT2D eigenvalue weighted by molar-refractivity contribution is 8.13. The number of hydrogen-bond acceptors (Lipinski definition) is 3. The molecule has 0 saturated heterocycles. The standard InChI is InChI=1S/C7H15NOS/c1-4-6-10-7(8-3)9-5-2/h4-6H2,1-3H3. The van der Waals surface area contributed by atoms with Crippen molar-refractivity contribution in [3.05, 3.63) is 0 Å². The van der Waals surface area contributed by atoms with Crippen molar-refractivity contribution >= 4 is 17.0 Å². The Bertz CT molecular complexity index is 104. The van der Waals surface area contributed by atoms with Crippen LogP contribution < -0.4 is 0 Å². The first-order chi connectivity index (χ1) is 4.85. The second kappa shape index (κ2) is 6.93. The zero-order chi connectivity index (χ0) is 7.82. The molecule has 0 aromatic rings. The SMILES string of the molecule is CCCSC(=NC)OCC. The van der Waals surface area contributed by atoms with Crippen molar-refractivity contribution in [3.8, 4) is 0 Å². The van der Waals surface area contributed by atoms with Crippen LogP contribution in [0, 0.1) is 0 Å². The predicted molar refractivity (Wildman–Crippen MR) is 47.7 cm³/mol. The maximum absolute atomic E-state index is 5.21. The smallest absolute Gasteiger partial charge is 0.245 e. The van der Waals surface area contributed by atoms with Gasteiger partial charge in [-0.05, 0) is 13.3 Å². The molecule has 10 heavy (non-hydrogen) atoms. The van der Waals surface area contributed by atoms with Crippen LogP contribution in [0.4, 0.5) is 0 Å². The molecule has 0 unspecified atom stereocenters. The van der Waals surface area contributed by atoms with Crippen molar-refractivity contribution in [2.24, 2.45) is 4.99 Å². The van der Waals surface area contributed by atoms with Gasteiger partial charge in [0.1, 0.15) is 0 Å². The Morgan fingerprint density at radius 3 is 2.60 bits per heavy atom. The van der Waals surface area contributed by atoms with E-state index < -0.39 is 0 Å². The Morgan fingerprint density at radius 1 is 1.50 bits per heavy atom. The van der Waals surface area contributed by atoms with Crippen LogP contribution in [0.5, 0.6) is 0 Å². The summed E-state index contributed by atoms with van der Waals surface area (Å²) in [6.45, 7) is 4.83. The average Bonchev–Trinajstić information content (AvgIpc) is 1.98. The van der Waals surface area contributed by atoms with Gasteiger partial charge in [-0.2, -0.15) is 0 Å². The number of hydrogen-bond donors (Lipinski definition) is 0. The maximum atomic E-state index is 5.21. The van der Waals surface area contributed by atoms with Crippen molar-refractivity contribution in [2.45, 2.75) is 20.3 Å². The molecule has 0 heterocycles. The summed E-state index contributed by atoms with van der Waals surface area (Å²) in [5.74, 6) is 1.09. The third kappa shape index (κ3) is 4.68. The summed E-state index contributed by atoms with van der Waals surface area (Å²) in [5, 5.41) is 0.810. The first-order valence-corrected chi connectivity index (χ1v) is 4.56. The summed E-state index contributed by atoms with van der Waals surface area (Å²) in [4.78, 5) is 3.97. The van der Waals surface area contributed by atoms with Gasteiger partial charge in [0.25, 0.3) is 0 Å². The van der Waals surface area contributed by atoms with Crippen LogP contribution in [0.2, 0.25) is 0 Å². The van der Waals surface area contributed by atoms with Crippen LogP contribution in [0.25, 0.3) is 0 Å². The fraction of sp³-hybridized carbons (Fsp3) is 0.857. The fourth-order valence-electron chi connectivity index (χ4n) is 0.484. The first-order valence-electron chi connectivity index (χ1n) is 3.57. The summed E-state index contributed by atoms with van der Waals surface area (Å²) < 4.78 is 5.21. The normalized spacial score (nSPS) is 11.7. The highest BCUT2D eigenvalue weighted by Crippen LogP contribution is 2.06. The summed E-state index contributed by atoms with van der Waals surface area (Å²) in [6, 6.07) is 0. The van der Waals surface area contributed by atoms with Crippen LogP contribution in [-0.4, -0.2) is 24.6 Å². The molecule has 0 spiro atoms. The van der Waals surface area contributed by atoms with E-state index in [0.717, 1.165) is 17.4 Å². The van der Waals surface area contributed by atoms with Crippen LogP contribution in [-0.2, 0) is 4.74 Å². The third-order valence-corrected chi connectivity index (χ3v) is 2.04. The predicted octanol–water partition coefficient (Wildman–Crippen LogP) is 2.15. The molecule has 3 heteroatoms. The summed E-state index contributed by atoms with van der Waals surface area (Å²) in [7, 11) is 1.76. The zero-order valence-electron chi connectivity index (χ0n) is 6.89. The average molecular weight is 161 g/mol. The van der Waals surface area contributed by atoms with Gasteiger partial charge in [0.15, 0.2) is 0 Å². The monoisotopic (exact) mass is 161 g/mol. The van der Waals surface area contributed by atoms with E-state index in [0.29, 0.717) is 6.61 Å². The Hall–Kier alpha value is -0.180. The molecular formula is C7H15NOS. The molecule has 0 aromatic heterocycles. The minimum absolute atomic E-state index is 0.712. The molecule has 0 bridgehead atoms. The Morgan fingerprint density at radius 2 is 2.20 bits per heavy atom. The van der Waals surface area contributed by atoms with E-state index in [-0.39, 0.29) is 0 Å². The molecule has 0 aliphatic heterocycles. The second-order valence-electron chi connectivity index (χ2n) is 1.77. The topological polar surface area (TPSA) is 21.6 Å². The van der Waals surface area contributed by atoms with Gasteiger partial charge in [-0.25, -0.2) is 4.99 Å². The van der Waals surface area contributed by atoms with Gasteiger partial charge in [-0.3, -0.25) is 0 Å². The summed E-state index contributed by atoms with van der Waals surface area (Å²) >= 11 is 1.67. The third-order valence-electron chi connectivity index (χ3n) is 0.880. The molecule has 0 fully saturated rings. The minimum Gasteiger partial charge on any atom is -0.473 e. The summed E-state index contributed by atoms with van der Waals surface area (Å²) in [6.07, 6.45) is 1.16. The highest BCUT2D eigenvalue weighted by atomic mass is 32.2. The van der Waals surface area contributed by atoms with Gasteiger partial charge < -0.3 is 4.74 Å². The van der Waals surface area contributed by atoms with E-state index >= 15 is 0 Å². The Labute approximate surface area is 67.1 Å². The number of nitrogens with zero attached hydrogens (tertiary/aromatic N) is 1. The number of aliphatic imine (C=N–C) groups is 1. The van der Waals surface area contributed by atoms with E-state index in [1.54, 1.807) is 18.8 Å². The Kier molecular flexibility index (Phi) is 6.81. The number of ether oxygens (including phenoxy) is 1. The van der Waals surface area contributed by atoms with E-state index in [9.17, 15) is 0 Å². The van der Waals surface area contributed by atoms with Gasteiger partial charge >= 0.3 is 0 Å². The first kappa shape index (κ1) is 9.82. The van der Waals surface area contributed by atoms with E-state index in [4.69, 9.17) is 4.74 Å². The van der Waals surface area contributed by atoms with Crippen molar-refractivity contribution in [1.82, 2.24) is 0 Å². The minimum atomic E-state index is 0.712. The van der Waals surface area contributed by atoms with Crippen LogP contribution >= 0.6 is 11.8 Å². The van der Waals surface area contributed by atoms with E-state index in [1.165, 1.54) is 0 Å². The van der Waals surface area contributed by atoms with Crippen molar-refractivity contribution < 1.29 is 4.74 Å². The quantitative estimate of drug-likeness (QED) is 0.467. The van der Waals surface area contributed by atoms with Crippen molar-refractivity contribution in [1.29, 1.82) is 0 Å². The molecule has 0 aliphatic rings. The molecule has 0 rings (SSSR count). The second-order valence-corrected chi connectivity index (χ2v) is 2.82. The lowest BCUT2D eigenvalue weighted by atomic mass is 10.6. The molecule has 2 nitrogen and oxygen atoms in total. The maximum Gasteiger partial charge on any atom is 0.245 e. The van der Waals surface area contributed by atoms with E-state index in [1.807, 2.05) is 6.92 Å². The van der Waals surface area contributed by atoms with Crippen LogP contribution in [0.15, 0.2) is 4.99 Å². The van der Waals surface area contributed by atoms with Crippen molar-refractivity contribution in [3.63, 3.8) is 0 Å². The summed E-state index contributed by atoms with van der Waals surface area (Å²) in [5.41, 5.74) is 0. The molecular weight excluding hydrogens is 146 g/mol. The lowest BCUT2D eigenvalue weighted by molar-refractivity contribution is 0.337. The molecule has 0 amide bonds. The van der Waals surface area contributed by atoms with Gasteiger partial charge in [-0.1, -0.05) is 18.7 Å². The molecule has 0 aliphatic carbocycles. The molecule has 0 N–H and O–H groups in total.